The fourth-order valence-electron chi connectivity index (χ4n) is 2.55. The number of carbonyl (C=O) groups excluding carboxylic acids is 1. The van der Waals surface area contributed by atoms with Crippen molar-refractivity contribution in [3.8, 4) is 17.6 Å². The molecule has 0 aliphatic carbocycles. The maximum absolute atomic E-state index is 12.5. The zero-order valence-electron chi connectivity index (χ0n) is 16.8. The normalized spacial score (nSPS) is 10.9. The van der Waals surface area contributed by atoms with Crippen molar-refractivity contribution in [3.05, 3.63) is 58.7 Å². The molecule has 0 aliphatic rings. The lowest BCUT2D eigenvalue weighted by Crippen LogP contribution is -2.13. The van der Waals surface area contributed by atoms with E-state index >= 15 is 0 Å². The largest absolute Gasteiger partial charge is 0.490 e. The van der Waals surface area contributed by atoms with Gasteiger partial charge in [0.1, 0.15) is 11.6 Å². The van der Waals surface area contributed by atoms with Crippen molar-refractivity contribution in [3.63, 3.8) is 0 Å². The minimum Gasteiger partial charge on any atom is -0.490 e. The van der Waals surface area contributed by atoms with E-state index in [9.17, 15) is 10.1 Å². The van der Waals surface area contributed by atoms with E-state index in [0.717, 1.165) is 17.5 Å². The summed E-state index contributed by atoms with van der Waals surface area (Å²) in [6, 6.07) is 13.0. The second-order valence-electron chi connectivity index (χ2n) is 6.41. The summed E-state index contributed by atoms with van der Waals surface area (Å²) in [6.07, 6.45) is 2.44. The summed E-state index contributed by atoms with van der Waals surface area (Å²) in [6.45, 7) is 8.99. The number of hydrogen-bond acceptors (Lipinski definition) is 4. The number of nitrogens with one attached hydrogen (secondary N) is 1. The first-order valence-electron chi connectivity index (χ1n) is 9.38. The van der Waals surface area contributed by atoms with Gasteiger partial charge < -0.3 is 14.8 Å². The molecule has 0 bridgehead atoms. The minimum absolute atomic E-state index is 0.0166. The topological polar surface area (TPSA) is 71.3 Å². The standard InChI is InChI=1S/C23H26N2O3/c1-5-11-28-21-10-8-18(14-22(21)27-6-2)13-19(15-24)23(26)25-20-9-7-16(3)17(4)12-20/h7-10,12-14H,5-6,11H2,1-4H3,(H,25,26)/b19-13+. The van der Waals surface area contributed by atoms with Gasteiger partial charge in [-0.15, -0.1) is 0 Å². The summed E-state index contributed by atoms with van der Waals surface area (Å²) >= 11 is 0. The molecule has 1 amide bonds. The second kappa shape index (κ2) is 10.2. The SMILES string of the molecule is CCCOc1ccc(/C=C(\C#N)C(=O)Nc2ccc(C)c(C)c2)cc1OCC. The number of aryl methyl sites for hydroxylation is 2. The molecule has 146 valence electrons. The highest BCUT2D eigenvalue weighted by Gasteiger charge is 2.12. The van der Waals surface area contributed by atoms with Crippen molar-refractivity contribution in [1.82, 2.24) is 0 Å². The van der Waals surface area contributed by atoms with Crippen LogP contribution in [0.2, 0.25) is 0 Å². The first kappa shape index (κ1) is 21.0. The molecular weight excluding hydrogens is 352 g/mol. The van der Waals surface area contributed by atoms with Crippen LogP contribution in [-0.2, 0) is 4.79 Å². The van der Waals surface area contributed by atoms with E-state index < -0.39 is 5.91 Å². The lowest BCUT2D eigenvalue weighted by atomic mass is 10.1. The van der Waals surface area contributed by atoms with E-state index in [1.165, 1.54) is 0 Å². The van der Waals surface area contributed by atoms with E-state index in [1.807, 2.05) is 52.0 Å². The quantitative estimate of drug-likeness (QED) is 0.516. The van der Waals surface area contributed by atoms with Gasteiger partial charge in [-0.1, -0.05) is 19.1 Å². The molecule has 0 radical (unpaired) electrons. The summed E-state index contributed by atoms with van der Waals surface area (Å²) in [5, 5.41) is 12.2. The van der Waals surface area contributed by atoms with Gasteiger partial charge in [-0.2, -0.15) is 5.26 Å². The highest BCUT2D eigenvalue weighted by atomic mass is 16.5. The zero-order valence-corrected chi connectivity index (χ0v) is 16.8. The van der Waals surface area contributed by atoms with Gasteiger partial charge in [-0.3, -0.25) is 4.79 Å². The Kier molecular flexibility index (Phi) is 7.65. The van der Waals surface area contributed by atoms with Crippen LogP contribution in [0.25, 0.3) is 6.08 Å². The van der Waals surface area contributed by atoms with Gasteiger partial charge in [-0.05, 0) is 74.2 Å². The third-order valence-corrected chi connectivity index (χ3v) is 4.17. The van der Waals surface area contributed by atoms with Crippen molar-refractivity contribution < 1.29 is 14.3 Å². The summed E-state index contributed by atoms with van der Waals surface area (Å²) in [5.41, 5.74) is 3.58. The molecule has 0 fully saturated rings. The first-order valence-corrected chi connectivity index (χ1v) is 9.38. The van der Waals surface area contributed by atoms with Crippen molar-refractivity contribution in [1.29, 1.82) is 5.26 Å². The molecule has 1 N–H and O–H groups in total. The van der Waals surface area contributed by atoms with Crippen LogP contribution in [0.3, 0.4) is 0 Å². The van der Waals surface area contributed by atoms with Crippen LogP contribution in [-0.4, -0.2) is 19.1 Å². The molecule has 2 aromatic carbocycles. The number of ether oxygens (including phenoxy) is 2. The van der Waals surface area contributed by atoms with Gasteiger partial charge >= 0.3 is 0 Å². The number of hydrogen-bond donors (Lipinski definition) is 1. The van der Waals surface area contributed by atoms with Crippen molar-refractivity contribution in [2.75, 3.05) is 18.5 Å². The van der Waals surface area contributed by atoms with Crippen LogP contribution in [0.15, 0.2) is 42.0 Å². The molecule has 2 aromatic rings. The lowest BCUT2D eigenvalue weighted by Gasteiger charge is -2.12. The Morgan fingerprint density at radius 2 is 1.86 bits per heavy atom. The molecule has 0 aromatic heterocycles. The summed E-state index contributed by atoms with van der Waals surface area (Å²) in [7, 11) is 0. The average Bonchev–Trinajstić information content (AvgIpc) is 2.68. The molecular formula is C23H26N2O3. The number of amides is 1. The van der Waals surface area contributed by atoms with Crippen LogP contribution >= 0.6 is 0 Å². The van der Waals surface area contributed by atoms with Crippen LogP contribution in [0.1, 0.15) is 37.0 Å². The first-order chi connectivity index (χ1) is 13.5. The number of nitriles is 1. The number of benzene rings is 2. The summed E-state index contributed by atoms with van der Waals surface area (Å²) in [5.74, 6) is 0.797. The fraction of sp³-hybridized carbons (Fsp3) is 0.304. The van der Waals surface area contributed by atoms with E-state index in [-0.39, 0.29) is 5.57 Å². The predicted molar refractivity (Wildman–Crippen MR) is 112 cm³/mol. The molecule has 5 heteroatoms. The second-order valence-corrected chi connectivity index (χ2v) is 6.41. The van der Waals surface area contributed by atoms with Gasteiger partial charge in [0.05, 0.1) is 13.2 Å². The van der Waals surface area contributed by atoms with Crippen molar-refractivity contribution in [2.24, 2.45) is 0 Å². The maximum atomic E-state index is 12.5. The van der Waals surface area contributed by atoms with Crippen LogP contribution in [0.4, 0.5) is 5.69 Å². The number of nitrogens with zero attached hydrogens (tertiary/aromatic N) is 1. The zero-order chi connectivity index (χ0) is 20.5. The molecule has 28 heavy (non-hydrogen) atoms. The van der Waals surface area contributed by atoms with Crippen LogP contribution in [0, 0.1) is 25.2 Å². The van der Waals surface area contributed by atoms with Gasteiger partial charge in [0, 0.05) is 5.69 Å². The third-order valence-electron chi connectivity index (χ3n) is 4.17. The van der Waals surface area contributed by atoms with E-state index in [0.29, 0.717) is 36.0 Å². The molecule has 0 saturated carbocycles. The Morgan fingerprint density at radius 1 is 1.07 bits per heavy atom. The van der Waals surface area contributed by atoms with Crippen LogP contribution in [0.5, 0.6) is 11.5 Å². The maximum Gasteiger partial charge on any atom is 0.266 e. The molecule has 0 spiro atoms. The lowest BCUT2D eigenvalue weighted by molar-refractivity contribution is -0.112. The van der Waals surface area contributed by atoms with E-state index in [2.05, 4.69) is 5.32 Å². The third kappa shape index (κ3) is 5.62. The molecule has 2 rings (SSSR count). The van der Waals surface area contributed by atoms with E-state index in [1.54, 1.807) is 24.3 Å². The Balaban J connectivity index is 2.24. The molecule has 0 aliphatic heterocycles. The van der Waals surface area contributed by atoms with Gasteiger partial charge in [-0.25, -0.2) is 0 Å². The van der Waals surface area contributed by atoms with Crippen LogP contribution < -0.4 is 14.8 Å². The molecule has 0 saturated heterocycles. The monoisotopic (exact) mass is 378 g/mol. The molecule has 0 heterocycles. The highest BCUT2D eigenvalue weighted by molar-refractivity contribution is 6.09. The number of anilines is 1. The molecule has 0 atom stereocenters. The Labute approximate surface area is 166 Å². The van der Waals surface area contributed by atoms with Gasteiger partial charge in [0.15, 0.2) is 11.5 Å². The van der Waals surface area contributed by atoms with Gasteiger partial charge in [0.25, 0.3) is 5.91 Å². The number of carbonyl (C=O) groups is 1. The highest BCUT2D eigenvalue weighted by Crippen LogP contribution is 2.29. The number of rotatable bonds is 8. The average molecular weight is 378 g/mol. The Bertz CT molecular complexity index is 911. The Hall–Kier alpha value is -3.26. The minimum atomic E-state index is -0.449. The molecule has 0 unspecified atom stereocenters. The van der Waals surface area contributed by atoms with Crippen molar-refractivity contribution in [2.45, 2.75) is 34.1 Å². The van der Waals surface area contributed by atoms with Crippen molar-refractivity contribution >= 4 is 17.7 Å². The summed E-state index contributed by atoms with van der Waals surface area (Å²) < 4.78 is 11.3. The Morgan fingerprint density at radius 3 is 2.50 bits per heavy atom. The summed E-state index contributed by atoms with van der Waals surface area (Å²) in [4.78, 5) is 12.5. The van der Waals surface area contributed by atoms with Gasteiger partial charge in [0.2, 0.25) is 0 Å². The van der Waals surface area contributed by atoms with E-state index in [4.69, 9.17) is 9.47 Å². The smallest absolute Gasteiger partial charge is 0.266 e. The fourth-order valence-corrected chi connectivity index (χ4v) is 2.55. The molecule has 5 nitrogen and oxygen atoms in total. The predicted octanol–water partition coefficient (Wildman–Crippen LogP) is 5.04.